The van der Waals surface area contributed by atoms with Gasteiger partial charge < -0.3 is 5.32 Å². The monoisotopic (exact) mass is 446 g/mol. The van der Waals surface area contributed by atoms with Crippen molar-refractivity contribution in [1.29, 1.82) is 0 Å². The van der Waals surface area contributed by atoms with Crippen molar-refractivity contribution in [3.8, 4) is 0 Å². The molecule has 3 fully saturated rings. The minimum atomic E-state index is -1.21. The van der Waals surface area contributed by atoms with Crippen LogP contribution in [0.15, 0.2) is 42.5 Å². The molecule has 33 heavy (non-hydrogen) atoms. The van der Waals surface area contributed by atoms with Crippen molar-refractivity contribution in [3.63, 3.8) is 0 Å². The summed E-state index contributed by atoms with van der Waals surface area (Å²) in [4.78, 5) is 55.0. The van der Waals surface area contributed by atoms with Crippen molar-refractivity contribution >= 4 is 34.8 Å². The molecule has 9 nitrogen and oxygen atoms in total. The van der Waals surface area contributed by atoms with Gasteiger partial charge >= 0.3 is 0 Å². The molecule has 3 amide bonds. The first-order valence-corrected chi connectivity index (χ1v) is 11.2. The minimum absolute atomic E-state index is 0.118. The summed E-state index contributed by atoms with van der Waals surface area (Å²) in [5.74, 6) is -2.46. The Balaban J connectivity index is 1.51. The normalized spacial score (nSPS) is 30.0. The van der Waals surface area contributed by atoms with E-state index in [2.05, 4.69) is 10.2 Å². The number of imide groups is 1. The lowest BCUT2D eigenvalue weighted by molar-refractivity contribution is -0.384. The Morgan fingerprint density at radius 3 is 2.58 bits per heavy atom. The minimum Gasteiger partial charge on any atom is -0.324 e. The lowest BCUT2D eigenvalue weighted by Gasteiger charge is -2.36. The molecule has 4 aliphatic rings. The third kappa shape index (κ3) is 2.32. The molecule has 9 heteroatoms. The number of benzene rings is 2. The van der Waals surface area contributed by atoms with E-state index < -0.39 is 28.2 Å². The van der Waals surface area contributed by atoms with E-state index in [0.29, 0.717) is 12.2 Å². The number of hydrogen-bond acceptors (Lipinski definition) is 6. The molecule has 0 aromatic heterocycles. The number of amides is 3. The zero-order chi connectivity index (χ0) is 23.1. The summed E-state index contributed by atoms with van der Waals surface area (Å²) in [5.41, 5.74) is 1.50. The maximum absolute atomic E-state index is 13.9. The molecule has 4 atom stereocenters. The summed E-state index contributed by atoms with van der Waals surface area (Å²) in [6, 6.07) is 11.0. The number of nitrogens with one attached hydrogen (secondary N) is 1. The molecule has 0 unspecified atom stereocenters. The molecule has 6 rings (SSSR count). The smallest absolute Gasteiger partial charge is 0.269 e. The zero-order valence-corrected chi connectivity index (χ0v) is 18.0. The summed E-state index contributed by atoms with van der Waals surface area (Å²) in [6.45, 7) is 2.67. The van der Waals surface area contributed by atoms with Gasteiger partial charge in [0.2, 0.25) is 17.7 Å². The molecule has 2 aromatic carbocycles. The first-order chi connectivity index (χ1) is 15.9. The standard InChI is InChI=1S/C24H22N4O5/c1-2-13-5-3-6-16-20(13)25-23(31)24(16)19-18(17-7-4-12-26(17)24)21(29)27(22(19)30)14-8-10-15(11-9-14)28(32)33/h3,5-6,8-11,17-19H,2,4,7,12H2,1H3,(H,25,31)/t17-,18-,19-,24-/m1/s1. The Morgan fingerprint density at radius 2 is 1.88 bits per heavy atom. The number of nitro benzene ring substituents is 1. The number of non-ortho nitro benzene ring substituents is 1. The Hall–Kier alpha value is -3.59. The fourth-order valence-electron chi connectivity index (χ4n) is 6.56. The first kappa shape index (κ1) is 20.0. The molecule has 4 heterocycles. The van der Waals surface area contributed by atoms with Crippen LogP contribution in [0.5, 0.6) is 0 Å². The van der Waals surface area contributed by atoms with E-state index in [9.17, 15) is 24.5 Å². The van der Waals surface area contributed by atoms with Crippen LogP contribution in [-0.2, 0) is 26.3 Å². The molecule has 3 saturated heterocycles. The van der Waals surface area contributed by atoms with Crippen LogP contribution in [0.1, 0.15) is 30.9 Å². The molecule has 0 radical (unpaired) electrons. The van der Waals surface area contributed by atoms with Gasteiger partial charge in [-0.3, -0.25) is 29.4 Å². The average Bonchev–Trinajstić information content (AvgIpc) is 3.52. The predicted molar refractivity (Wildman–Crippen MR) is 118 cm³/mol. The van der Waals surface area contributed by atoms with Gasteiger partial charge in [0.05, 0.1) is 22.4 Å². The second kappa shape index (κ2) is 6.71. The number of anilines is 2. The number of fused-ring (bicyclic) bond motifs is 7. The summed E-state index contributed by atoms with van der Waals surface area (Å²) in [6.07, 6.45) is 2.33. The van der Waals surface area contributed by atoms with Crippen LogP contribution in [0.25, 0.3) is 0 Å². The van der Waals surface area contributed by atoms with Gasteiger partial charge in [-0.05, 0) is 43.5 Å². The highest BCUT2D eigenvalue weighted by atomic mass is 16.6. The van der Waals surface area contributed by atoms with Crippen LogP contribution in [-0.4, -0.2) is 40.1 Å². The van der Waals surface area contributed by atoms with Gasteiger partial charge in [-0.25, -0.2) is 4.90 Å². The molecule has 1 N–H and O–H groups in total. The van der Waals surface area contributed by atoms with Crippen molar-refractivity contribution in [1.82, 2.24) is 4.90 Å². The fraction of sp³-hybridized carbons (Fsp3) is 0.375. The number of hydrogen-bond donors (Lipinski definition) is 1. The van der Waals surface area contributed by atoms with Crippen LogP contribution in [0.2, 0.25) is 0 Å². The van der Waals surface area contributed by atoms with Crippen LogP contribution in [0.3, 0.4) is 0 Å². The van der Waals surface area contributed by atoms with Gasteiger partial charge in [0.25, 0.3) is 5.69 Å². The fourth-order valence-corrected chi connectivity index (χ4v) is 6.56. The van der Waals surface area contributed by atoms with E-state index in [1.807, 2.05) is 25.1 Å². The maximum atomic E-state index is 13.9. The van der Waals surface area contributed by atoms with Gasteiger partial charge in [-0.2, -0.15) is 0 Å². The summed E-state index contributed by atoms with van der Waals surface area (Å²) in [5, 5.41) is 14.1. The van der Waals surface area contributed by atoms with Gasteiger partial charge in [-0.15, -0.1) is 0 Å². The van der Waals surface area contributed by atoms with Gasteiger partial charge in [0.15, 0.2) is 0 Å². The largest absolute Gasteiger partial charge is 0.324 e. The molecule has 1 spiro atoms. The molecule has 4 aliphatic heterocycles. The SMILES string of the molecule is CCc1cccc2c1NC(=O)[C@]21[C@H]2C(=O)N(c3ccc([N+](=O)[O-])cc3)C(=O)[C@@H]2[C@H]2CCCN21. The summed E-state index contributed by atoms with van der Waals surface area (Å²) >= 11 is 0. The van der Waals surface area contributed by atoms with E-state index in [1.54, 1.807) is 0 Å². The van der Waals surface area contributed by atoms with Crippen molar-refractivity contribution in [2.45, 2.75) is 37.8 Å². The number of carbonyl (C=O) groups excluding carboxylic acids is 3. The highest BCUT2D eigenvalue weighted by Crippen LogP contribution is 2.61. The van der Waals surface area contributed by atoms with Crippen LogP contribution < -0.4 is 10.2 Å². The molecule has 0 bridgehead atoms. The molecule has 2 aromatic rings. The van der Waals surface area contributed by atoms with E-state index in [0.717, 1.165) is 41.0 Å². The Kier molecular flexibility index (Phi) is 4.08. The van der Waals surface area contributed by atoms with Crippen molar-refractivity contribution < 1.29 is 19.3 Å². The van der Waals surface area contributed by atoms with Crippen molar-refractivity contribution in [3.05, 3.63) is 63.7 Å². The second-order valence-electron chi connectivity index (χ2n) is 9.11. The average molecular weight is 446 g/mol. The highest BCUT2D eigenvalue weighted by Gasteiger charge is 2.74. The molecular weight excluding hydrogens is 424 g/mol. The molecule has 168 valence electrons. The number of aryl methyl sites for hydroxylation is 1. The molecule has 0 saturated carbocycles. The number of rotatable bonds is 3. The van der Waals surface area contributed by atoms with E-state index in [1.165, 1.54) is 24.3 Å². The van der Waals surface area contributed by atoms with E-state index in [-0.39, 0.29) is 23.5 Å². The first-order valence-electron chi connectivity index (χ1n) is 11.2. The van der Waals surface area contributed by atoms with E-state index in [4.69, 9.17) is 0 Å². The van der Waals surface area contributed by atoms with Gasteiger partial charge in [-0.1, -0.05) is 25.1 Å². The highest BCUT2D eigenvalue weighted by molar-refractivity contribution is 6.26. The lowest BCUT2D eigenvalue weighted by atomic mass is 9.75. The van der Waals surface area contributed by atoms with Crippen molar-refractivity contribution in [2.24, 2.45) is 11.8 Å². The lowest BCUT2D eigenvalue weighted by Crippen LogP contribution is -2.54. The zero-order valence-electron chi connectivity index (χ0n) is 18.0. The number of para-hydroxylation sites is 1. The third-order valence-electron chi connectivity index (χ3n) is 7.81. The topological polar surface area (TPSA) is 113 Å². The summed E-state index contributed by atoms with van der Waals surface area (Å²) < 4.78 is 0. The van der Waals surface area contributed by atoms with Gasteiger partial charge in [0.1, 0.15) is 5.54 Å². The number of nitrogens with zero attached hydrogens (tertiary/aromatic N) is 3. The van der Waals surface area contributed by atoms with E-state index >= 15 is 0 Å². The maximum Gasteiger partial charge on any atom is 0.269 e. The van der Waals surface area contributed by atoms with Crippen molar-refractivity contribution in [2.75, 3.05) is 16.8 Å². The molecular formula is C24H22N4O5. The third-order valence-corrected chi connectivity index (χ3v) is 7.81. The number of nitro groups is 1. The van der Waals surface area contributed by atoms with Crippen LogP contribution >= 0.6 is 0 Å². The predicted octanol–water partition coefficient (Wildman–Crippen LogP) is 2.59. The Labute approximate surface area is 189 Å². The summed E-state index contributed by atoms with van der Waals surface area (Å²) in [7, 11) is 0. The number of carbonyl (C=O) groups is 3. The quantitative estimate of drug-likeness (QED) is 0.441. The van der Waals surface area contributed by atoms with Gasteiger partial charge in [0, 0.05) is 29.4 Å². The second-order valence-corrected chi connectivity index (χ2v) is 9.11. The van der Waals surface area contributed by atoms with Crippen LogP contribution in [0.4, 0.5) is 17.1 Å². The van der Waals surface area contributed by atoms with Crippen LogP contribution in [0, 0.1) is 22.0 Å². The Bertz CT molecular complexity index is 1240. The molecule has 0 aliphatic carbocycles. The Morgan fingerprint density at radius 1 is 1.12 bits per heavy atom.